The fourth-order valence-corrected chi connectivity index (χ4v) is 3.64. The third-order valence-electron chi connectivity index (χ3n) is 2.31. The number of para-hydroxylation sites is 1. The molecule has 0 aliphatic carbocycles. The molecule has 0 saturated heterocycles. The van der Waals surface area contributed by atoms with Gasteiger partial charge in [0.2, 0.25) is 5.69 Å². The van der Waals surface area contributed by atoms with Crippen molar-refractivity contribution in [2.45, 2.75) is 6.42 Å². The Labute approximate surface area is 97.7 Å². The minimum atomic E-state index is -4.79. The summed E-state index contributed by atoms with van der Waals surface area (Å²) in [7, 11) is -9.49. The van der Waals surface area contributed by atoms with E-state index >= 15 is 0 Å². The Balaban J connectivity index is 2.83. The Morgan fingerprint density at radius 3 is 2.18 bits per heavy atom. The van der Waals surface area contributed by atoms with E-state index in [4.69, 9.17) is 9.11 Å². The lowest BCUT2D eigenvalue weighted by atomic mass is 10.2. The lowest BCUT2D eigenvalue weighted by Crippen LogP contribution is -2.26. The summed E-state index contributed by atoms with van der Waals surface area (Å²) in [6.07, 6.45) is -0.283. The smallest absolute Gasteiger partial charge is 0.277 e. The van der Waals surface area contributed by atoms with Crippen LogP contribution in [0.3, 0.4) is 0 Å². The van der Waals surface area contributed by atoms with Gasteiger partial charge >= 0.3 is 25.5 Å². The Kier molecular flexibility index (Phi) is 2.58. The molecule has 1 aliphatic heterocycles. The lowest BCUT2D eigenvalue weighted by molar-refractivity contribution is -0.266. The van der Waals surface area contributed by atoms with Crippen molar-refractivity contribution >= 4 is 31.2 Å². The molecule has 0 fully saturated rings. The van der Waals surface area contributed by atoms with Gasteiger partial charge in [-0.3, -0.25) is 4.55 Å². The van der Waals surface area contributed by atoms with Gasteiger partial charge in [0.05, 0.1) is 6.42 Å². The summed E-state index contributed by atoms with van der Waals surface area (Å²) in [5.41, 5.74) is 0.403. The molecule has 0 spiro atoms. The summed E-state index contributed by atoms with van der Waals surface area (Å²) in [6, 6.07) is 5.92. The molecule has 0 saturated carbocycles. The van der Waals surface area contributed by atoms with E-state index in [2.05, 4.69) is 0 Å². The number of rotatable bonds is 1. The topological polar surface area (TPSA) is 112 Å². The first-order valence-corrected chi connectivity index (χ1v) is 7.24. The predicted octanol–water partition coefficient (Wildman–Crippen LogP) is -0.0242. The third kappa shape index (κ3) is 2.09. The quantitative estimate of drug-likeness (QED) is 0.551. The Morgan fingerprint density at radius 1 is 1.06 bits per heavy atom. The minimum Gasteiger partial charge on any atom is -0.277 e. The molecule has 1 aromatic carbocycles. The molecule has 0 radical (unpaired) electrons. The van der Waals surface area contributed by atoms with E-state index < -0.39 is 25.5 Å². The highest BCUT2D eigenvalue weighted by atomic mass is 32.2. The van der Waals surface area contributed by atoms with E-state index in [-0.39, 0.29) is 16.1 Å². The fraction of sp³-hybridized carbons (Fsp3) is 0.125. The van der Waals surface area contributed by atoms with Crippen LogP contribution in [0, 0.1) is 0 Å². The van der Waals surface area contributed by atoms with E-state index in [1.807, 2.05) is 0 Å². The number of fused-ring (bicyclic) bond motifs is 1. The van der Waals surface area contributed by atoms with Crippen LogP contribution >= 0.6 is 0 Å². The zero-order chi connectivity index (χ0) is 12.8. The fourth-order valence-electron chi connectivity index (χ4n) is 1.68. The number of hydrogen-bond acceptors (Lipinski definition) is 4. The molecule has 92 valence electrons. The molecule has 1 aromatic rings. The van der Waals surface area contributed by atoms with E-state index in [1.165, 1.54) is 18.2 Å². The number of nitrogens with zero attached hydrogens (tertiary/aromatic N) is 1. The summed E-state index contributed by atoms with van der Waals surface area (Å²) in [5.74, 6) is 0. The molecule has 17 heavy (non-hydrogen) atoms. The molecule has 0 aromatic heterocycles. The monoisotopic (exact) mass is 278 g/mol. The maximum absolute atomic E-state index is 11.1. The van der Waals surface area contributed by atoms with Gasteiger partial charge in [0.25, 0.3) is 0 Å². The second-order valence-electron chi connectivity index (χ2n) is 3.42. The molecule has 0 amide bonds. The van der Waals surface area contributed by atoms with Crippen LogP contribution in [0.25, 0.3) is 0 Å². The zero-order valence-electron chi connectivity index (χ0n) is 8.31. The second kappa shape index (κ2) is 3.60. The van der Waals surface area contributed by atoms with Gasteiger partial charge in [0.1, 0.15) is 0 Å². The average molecular weight is 278 g/mol. The van der Waals surface area contributed by atoms with Gasteiger partial charge in [-0.1, -0.05) is 18.2 Å². The Bertz CT molecular complexity index is 716. The van der Waals surface area contributed by atoms with Crippen molar-refractivity contribution < 1.29 is 29.9 Å². The van der Waals surface area contributed by atoms with E-state index in [0.29, 0.717) is 5.56 Å². The number of hydrogen-bond donors (Lipinski definition) is 2. The standard InChI is InChI=1S/C8H7NO6S2/c10-16(11,12)8-5-6-3-1-2-4-7(6)9(8)17(13,14)15/h1-4H,5H2,(H-,10,11,12,13,14,15)/p+1. The van der Waals surface area contributed by atoms with Crippen molar-refractivity contribution in [1.82, 2.24) is 0 Å². The maximum Gasteiger partial charge on any atom is 0.512 e. The van der Waals surface area contributed by atoms with Crippen LogP contribution < -0.4 is 0 Å². The van der Waals surface area contributed by atoms with E-state index in [0.717, 1.165) is 0 Å². The Morgan fingerprint density at radius 2 is 1.65 bits per heavy atom. The van der Waals surface area contributed by atoms with E-state index in [1.54, 1.807) is 6.07 Å². The van der Waals surface area contributed by atoms with Crippen molar-refractivity contribution in [2.24, 2.45) is 0 Å². The zero-order valence-corrected chi connectivity index (χ0v) is 9.94. The summed E-state index contributed by atoms with van der Waals surface area (Å²) in [6.45, 7) is 0. The van der Waals surface area contributed by atoms with Gasteiger partial charge in [-0.25, -0.2) is 4.55 Å². The van der Waals surface area contributed by atoms with Crippen LogP contribution in [0.5, 0.6) is 0 Å². The molecule has 9 heteroatoms. The third-order valence-corrected chi connectivity index (χ3v) is 4.22. The molecular formula is C8H8NO6S2+. The van der Waals surface area contributed by atoms with Gasteiger partial charge in [0, 0.05) is 11.6 Å². The summed E-state index contributed by atoms with van der Waals surface area (Å²) < 4.78 is 62.6. The van der Waals surface area contributed by atoms with Crippen LogP contribution in [0.15, 0.2) is 24.3 Å². The molecule has 2 N–H and O–H groups in total. The van der Waals surface area contributed by atoms with Crippen molar-refractivity contribution in [3.8, 4) is 0 Å². The van der Waals surface area contributed by atoms with Crippen LogP contribution in [-0.4, -0.2) is 35.0 Å². The SMILES string of the molecule is O=S(=O)(O)C1=[N+](S(=O)(=O)O)c2ccccc2C1. The van der Waals surface area contributed by atoms with Crippen molar-refractivity contribution in [3.05, 3.63) is 29.8 Å². The van der Waals surface area contributed by atoms with Crippen LogP contribution in [0.1, 0.15) is 5.56 Å². The molecule has 0 atom stereocenters. The summed E-state index contributed by atoms with van der Waals surface area (Å²) in [5, 5.41) is -0.777. The molecule has 0 unspecified atom stereocenters. The number of benzene rings is 1. The highest BCUT2D eigenvalue weighted by molar-refractivity contribution is 8.01. The van der Waals surface area contributed by atoms with Crippen molar-refractivity contribution in [1.29, 1.82) is 0 Å². The second-order valence-corrected chi connectivity index (χ2v) is 6.10. The molecular weight excluding hydrogens is 270 g/mol. The summed E-state index contributed by atoms with van der Waals surface area (Å²) >= 11 is 0. The first-order chi connectivity index (χ1) is 7.71. The van der Waals surface area contributed by atoms with E-state index in [9.17, 15) is 16.8 Å². The molecule has 0 bridgehead atoms. The Hall–Kier alpha value is -1.29. The average Bonchev–Trinajstić information content (AvgIpc) is 2.54. The minimum absolute atomic E-state index is 0.0163. The lowest BCUT2D eigenvalue weighted by Gasteiger charge is -1.95. The largest absolute Gasteiger partial charge is 0.512 e. The molecule has 1 aliphatic rings. The van der Waals surface area contributed by atoms with Gasteiger partial charge in [0.15, 0.2) is 0 Å². The highest BCUT2D eigenvalue weighted by Gasteiger charge is 2.44. The summed E-state index contributed by atoms with van der Waals surface area (Å²) in [4.78, 5) is 0. The first-order valence-electron chi connectivity index (χ1n) is 4.40. The normalized spacial score (nSPS) is 16.1. The molecule has 2 rings (SSSR count). The van der Waals surface area contributed by atoms with Gasteiger partial charge in [-0.2, -0.15) is 8.42 Å². The van der Waals surface area contributed by atoms with Gasteiger partial charge < -0.3 is 0 Å². The highest BCUT2D eigenvalue weighted by Crippen LogP contribution is 2.29. The van der Waals surface area contributed by atoms with Gasteiger partial charge in [-0.05, 0) is 3.98 Å². The molecule has 1 heterocycles. The van der Waals surface area contributed by atoms with Crippen LogP contribution in [0.2, 0.25) is 0 Å². The predicted molar refractivity (Wildman–Crippen MR) is 58.2 cm³/mol. The maximum atomic E-state index is 11.1. The first kappa shape index (κ1) is 12.2. The van der Waals surface area contributed by atoms with Crippen LogP contribution in [0.4, 0.5) is 5.69 Å². The van der Waals surface area contributed by atoms with Crippen LogP contribution in [-0.2, 0) is 26.8 Å². The van der Waals surface area contributed by atoms with Crippen molar-refractivity contribution in [3.63, 3.8) is 0 Å². The van der Waals surface area contributed by atoms with Crippen molar-refractivity contribution in [2.75, 3.05) is 0 Å². The van der Waals surface area contributed by atoms with Gasteiger partial charge in [-0.15, -0.1) is 8.42 Å². The molecule has 7 nitrogen and oxygen atoms in total.